The Hall–Kier alpha value is -2.66. The number of halogens is 1. The molecule has 1 N–H and O–H groups in total. The van der Waals surface area contributed by atoms with Gasteiger partial charge in [0.2, 0.25) is 5.82 Å². The molecule has 4 rings (SSSR count). The maximum atomic E-state index is 12.7. The molecule has 0 unspecified atom stereocenters. The van der Waals surface area contributed by atoms with E-state index in [2.05, 4.69) is 9.88 Å². The first-order chi connectivity index (χ1) is 13.7. The number of benzene rings is 2. The van der Waals surface area contributed by atoms with Crippen molar-refractivity contribution < 1.29 is 9.36 Å². The van der Waals surface area contributed by atoms with Crippen molar-refractivity contribution in [3.63, 3.8) is 0 Å². The number of carbonyl (C=O) groups is 1. The van der Waals surface area contributed by atoms with E-state index >= 15 is 0 Å². The van der Waals surface area contributed by atoms with Gasteiger partial charge in [0.15, 0.2) is 12.3 Å². The van der Waals surface area contributed by atoms with Crippen LogP contribution in [0.2, 0.25) is 5.02 Å². The van der Waals surface area contributed by atoms with Crippen LogP contribution in [0.3, 0.4) is 0 Å². The molecular weight excluding hydrogens is 372 g/mol. The van der Waals surface area contributed by atoms with Crippen LogP contribution in [0.5, 0.6) is 0 Å². The van der Waals surface area contributed by atoms with Crippen LogP contribution in [0.1, 0.15) is 41.3 Å². The fourth-order valence-corrected chi connectivity index (χ4v) is 3.77. The fourth-order valence-electron chi connectivity index (χ4n) is 3.65. The van der Waals surface area contributed by atoms with E-state index in [4.69, 9.17) is 16.7 Å². The van der Waals surface area contributed by atoms with E-state index in [1.54, 1.807) is 0 Å². The summed E-state index contributed by atoms with van der Waals surface area (Å²) >= 11 is 5.96. The molecule has 0 aliphatic carbocycles. The Balaban J connectivity index is 1.56. The number of ketones is 1. The maximum absolute atomic E-state index is 12.7. The number of Topliss-reactive ketones (excluding diaryl/α,β-unsaturated/α-hetero) is 1. The number of hydrogen-bond acceptors (Lipinski definition) is 3. The van der Waals surface area contributed by atoms with Crippen molar-refractivity contribution in [3.8, 4) is 0 Å². The minimum absolute atomic E-state index is 0.0907. The third-order valence-electron chi connectivity index (χ3n) is 5.12. The van der Waals surface area contributed by atoms with Gasteiger partial charge in [-0.3, -0.25) is 4.79 Å². The molecule has 28 heavy (non-hydrogen) atoms. The number of anilines is 1. The Kier molecular flexibility index (Phi) is 5.72. The van der Waals surface area contributed by atoms with Crippen LogP contribution in [-0.4, -0.2) is 15.6 Å². The quantitative estimate of drug-likeness (QED) is 0.506. The molecule has 2 heterocycles. The summed E-state index contributed by atoms with van der Waals surface area (Å²) in [6.45, 7) is 1.84. The van der Waals surface area contributed by atoms with Gasteiger partial charge >= 0.3 is 0 Å². The summed E-state index contributed by atoms with van der Waals surface area (Å²) in [6.07, 6.45) is 4.44. The molecule has 1 aliphatic heterocycles. The van der Waals surface area contributed by atoms with E-state index < -0.39 is 0 Å². The highest BCUT2D eigenvalue weighted by Crippen LogP contribution is 2.15. The second kappa shape index (κ2) is 8.57. The zero-order valence-electron chi connectivity index (χ0n) is 15.8. The molecular formula is C22H24ClN4O+. The molecule has 0 spiro atoms. The fraction of sp³-hybridized carbons (Fsp3) is 0.318. The second-order valence-corrected chi connectivity index (χ2v) is 7.54. The van der Waals surface area contributed by atoms with Crippen LogP contribution < -0.4 is 9.88 Å². The van der Waals surface area contributed by atoms with E-state index in [9.17, 15) is 4.79 Å². The Bertz CT molecular complexity index is 951. The summed E-state index contributed by atoms with van der Waals surface area (Å²) in [5, 5.41) is 8.94. The number of fused-ring (bicyclic) bond motifs is 1. The molecule has 5 nitrogen and oxygen atoms in total. The van der Waals surface area contributed by atoms with Crippen LogP contribution in [0, 0.1) is 0 Å². The number of aromatic nitrogens is 3. The Morgan fingerprint density at radius 1 is 1.07 bits per heavy atom. The molecule has 0 bridgehead atoms. The minimum atomic E-state index is 0.0907. The van der Waals surface area contributed by atoms with Crippen molar-refractivity contribution in [1.29, 1.82) is 0 Å². The van der Waals surface area contributed by atoms with E-state index in [1.807, 2.05) is 59.3 Å². The Morgan fingerprint density at radius 2 is 1.86 bits per heavy atom. The molecule has 1 aromatic heterocycles. The van der Waals surface area contributed by atoms with Crippen molar-refractivity contribution in [2.45, 2.75) is 45.3 Å². The molecule has 1 aliphatic rings. The number of nitrogens with one attached hydrogen (secondary N) is 1. The van der Waals surface area contributed by atoms with Gasteiger partial charge in [0.1, 0.15) is 6.54 Å². The van der Waals surface area contributed by atoms with Crippen LogP contribution in [0.25, 0.3) is 0 Å². The number of hydrogen-bond donors (Lipinski definition) is 1. The molecule has 0 atom stereocenters. The highest BCUT2D eigenvalue weighted by molar-refractivity contribution is 6.30. The normalized spacial score (nSPS) is 13.6. The molecule has 2 aromatic carbocycles. The lowest BCUT2D eigenvalue weighted by molar-refractivity contribution is -0.710. The molecule has 144 valence electrons. The van der Waals surface area contributed by atoms with Gasteiger partial charge in [-0.2, -0.15) is 0 Å². The first-order valence-corrected chi connectivity index (χ1v) is 10.1. The number of rotatable bonds is 6. The third kappa shape index (κ3) is 4.25. The standard InChI is InChI=1S/C22H24ClN4O/c23-18-10-12-19(13-11-18)24-15-21-25-27(22-9-5-2-6-14-26(21)22)16-20(28)17-7-3-1-4-8-17/h1,3-4,7-8,10-13,24H,2,5-6,9,14-16H2/q+1. The van der Waals surface area contributed by atoms with E-state index in [-0.39, 0.29) is 12.3 Å². The highest BCUT2D eigenvalue weighted by Gasteiger charge is 2.28. The van der Waals surface area contributed by atoms with Crippen molar-refractivity contribution in [3.05, 3.63) is 76.8 Å². The van der Waals surface area contributed by atoms with Crippen molar-refractivity contribution in [1.82, 2.24) is 9.78 Å². The zero-order chi connectivity index (χ0) is 19.3. The second-order valence-electron chi connectivity index (χ2n) is 7.10. The smallest absolute Gasteiger partial charge is 0.296 e. The van der Waals surface area contributed by atoms with Crippen LogP contribution in [-0.2, 0) is 26.1 Å². The summed E-state index contributed by atoms with van der Waals surface area (Å²) in [5.74, 6) is 2.20. The highest BCUT2D eigenvalue weighted by atomic mass is 35.5. The molecule has 0 fully saturated rings. The van der Waals surface area contributed by atoms with Crippen LogP contribution in [0.4, 0.5) is 5.69 Å². The largest absolute Gasteiger partial charge is 0.375 e. The molecule has 0 amide bonds. The molecule has 0 radical (unpaired) electrons. The molecule has 0 saturated carbocycles. The number of nitrogens with zero attached hydrogens (tertiary/aromatic N) is 3. The third-order valence-corrected chi connectivity index (χ3v) is 5.38. The van der Waals surface area contributed by atoms with E-state index in [1.165, 1.54) is 6.42 Å². The van der Waals surface area contributed by atoms with Gasteiger partial charge in [0, 0.05) is 27.8 Å². The number of carbonyl (C=O) groups excluding carboxylic acids is 1. The molecule has 6 heteroatoms. The molecule has 3 aromatic rings. The lowest BCUT2D eigenvalue weighted by atomic mass is 10.1. The summed E-state index contributed by atoms with van der Waals surface area (Å²) in [4.78, 5) is 12.7. The van der Waals surface area contributed by atoms with Gasteiger partial charge in [-0.05, 0) is 43.5 Å². The summed E-state index contributed by atoms with van der Waals surface area (Å²) in [6, 6.07) is 17.1. The Morgan fingerprint density at radius 3 is 2.64 bits per heavy atom. The van der Waals surface area contributed by atoms with Gasteiger partial charge in [0.05, 0.1) is 6.54 Å². The minimum Gasteiger partial charge on any atom is -0.375 e. The average molecular weight is 396 g/mol. The van der Waals surface area contributed by atoms with Crippen LogP contribution >= 0.6 is 11.6 Å². The van der Waals surface area contributed by atoms with Gasteiger partial charge < -0.3 is 5.32 Å². The van der Waals surface area contributed by atoms with Crippen molar-refractivity contribution >= 4 is 23.1 Å². The first-order valence-electron chi connectivity index (χ1n) is 9.77. The predicted molar refractivity (Wildman–Crippen MR) is 110 cm³/mol. The van der Waals surface area contributed by atoms with E-state index in [0.717, 1.165) is 53.7 Å². The lowest BCUT2D eigenvalue weighted by Crippen LogP contribution is -2.41. The average Bonchev–Trinajstić information content (AvgIpc) is 2.89. The van der Waals surface area contributed by atoms with Gasteiger partial charge in [0.25, 0.3) is 5.82 Å². The van der Waals surface area contributed by atoms with E-state index in [0.29, 0.717) is 6.54 Å². The summed E-state index contributed by atoms with van der Waals surface area (Å²) in [7, 11) is 0. The van der Waals surface area contributed by atoms with Gasteiger partial charge in [-0.25, -0.2) is 4.57 Å². The zero-order valence-corrected chi connectivity index (χ0v) is 16.5. The monoisotopic (exact) mass is 395 g/mol. The Labute approximate surface area is 170 Å². The lowest BCUT2D eigenvalue weighted by Gasteiger charge is -2.04. The van der Waals surface area contributed by atoms with Crippen molar-refractivity contribution in [2.75, 3.05) is 5.32 Å². The predicted octanol–water partition coefficient (Wildman–Crippen LogP) is 4.05. The van der Waals surface area contributed by atoms with Gasteiger partial charge in [-0.15, -0.1) is 4.68 Å². The topological polar surface area (TPSA) is 50.8 Å². The maximum Gasteiger partial charge on any atom is 0.296 e. The van der Waals surface area contributed by atoms with Gasteiger partial charge in [-0.1, -0.05) is 41.9 Å². The van der Waals surface area contributed by atoms with Crippen molar-refractivity contribution in [2.24, 2.45) is 0 Å². The SMILES string of the molecule is O=C(Cn1nc(CNc2ccc(Cl)cc2)[n+]2c1CCCCC2)c1ccccc1. The molecule has 0 saturated heterocycles. The summed E-state index contributed by atoms with van der Waals surface area (Å²) in [5.41, 5.74) is 1.73. The first kappa shape index (κ1) is 18.7. The summed E-state index contributed by atoms with van der Waals surface area (Å²) < 4.78 is 4.19. The van der Waals surface area contributed by atoms with Crippen LogP contribution in [0.15, 0.2) is 54.6 Å².